The van der Waals surface area contributed by atoms with E-state index < -0.39 is 0 Å². The summed E-state index contributed by atoms with van der Waals surface area (Å²) in [6, 6.07) is 0. The van der Waals surface area contributed by atoms with Crippen LogP contribution in [0.2, 0.25) is 0 Å². The molecule has 0 aromatic rings. The molecule has 0 aromatic heterocycles. The molecule has 3 fully saturated rings. The average molecular weight is 266 g/mol. The molecule has 0 spiro atoms. The molecule has 110 valence electrons. The van der Waals surface area contributed by atoms with Gasteiger partial charge in [0.2, 0.25) is 0 Å². The average Bonchev–Trinajstić information content (AvgIpc) is 2.82. The lowest BCUT2D eigenvalue weighted by Crippen LogP contribution is -2.78. The van der Waals surface area contributed by atoms with Gasteiger partial charge in [0.05, 0.1) is 6.10 Å². The minimum atomic E-state index is -0.0472. The SMILES string of the molecule is CC1CCN(CC2(N)C3CCOC3C2(C)C)CC1C. The van der Waals surface area contributed by atoms with Crippen LogP contribution in [-0.2, 0) is 4.74 Å². The lowest BCUT2D eigenvalue weighted by Gasteiger charge is -2.63. The van der Waals surface area contributed by atoms with Crippen molar-refractivity contribution in [2.75, 3.05) is 26.2 Å². The maximum Gasteiger partial charge on any atom is 0.0691 e. The summed E-state index contributed by atoms with van der Waals surface area (Å²) < 4.78 is 5.89. The van der Waals surface area contributed by atoms with E-state index in [-0.39, 0.29) is 11.0 Å². The van der Waals surface area contributed by atoms with Crippen molar-refractivity contribution in [1.29, 1.82) is 0 Å². The van der Waals surface area contributed by atoms with Gasteiger partial charge in [-0.15, -0.1) is 0 Å². The molecule has 0 bridgehead atoms. The second-order valence-corrected chi connectivity index (χ2v) is 7.93. The van der Waals surface area contributed by atoms with Gasteiger partial charge in [-0.05, 0) is 31.2 Å². The zero-order valence-electron chi connectivity index (χ0n) is 13.0. The predicted molar refractivity (Wildman–Crippen MR) is 77.9 cm³/mol. The van der Waals surface area contributed by atoms with Crippen LogP contribution in [0.25, 0.3) is 0 Å². The first-order chi connectivity index (χ1) is 8.86. The van der Waals surface area contributed by atoms with Crippen molar-refractivity contribution in [2.24, 2.45) is 28.9 Å². The predicted octanol–water partition coefficient (Wildman–Crippen LogP) is 2.11. The molecule has 2 N–H and O–H groups in total. The summed E-state index contributed by atoms with van der Waals surface area (Å²) in [5.74, 6) is 2.25. The van der Waals surface area contributed by atoms with E-state index in [0.29, 0.717) is 12.0 Å². The standard InChI is InChI=1S/C16H30N2O/c1-11-5-7-18(9-12(11)2)10-16(17)13-6-8-19-14(13)15(16,3)4/h11-14H,5-10,17H2,1-4H3. The molecule has 2 saturated heterocycles. The molecule has 0 aromatic carbocycles. The van der Waals surface area contributed by atoms with Gasteiger partial charge in [0.25, 0.3) is 0 Å². The summed E-state index contributed by atoms with van der Waals surface area (Å²) in [5, 5.41) is 0. The van der Waals surface area contributed by atoms with E-state index in [0.717, 1.165) is 31.4 Å². The summed E-state index contributed by atoms with van der Waals surface area (Å²) >= 11 is 0. The van der Waals surface area contributed by atoms with Crippen LogP contribution in [0.4, 0.5) is 0 Å². The Labute approximate surface area is 117 Å². The van der Waals surface area contributed by atoms with E-state index in [2.05, 4.69) is 32.6 Å². The van der Waals surface area contributed by atoms with E-state index in [4.69, 9.17) is 10.5 Å². The molecule has 19 heavy (non-hydrogen) atoms. The molecule has 1 aliphatic carbocycles. The summed E-state index contributed by atoms with van der Waals surface area (Å²) in [5.41, 5.74) is 6.93. The maximum atomic E-state index is 6.86. The molecule has 3 rings (SSSR count). The minimum absolute atomic E-state index is 0.0472. The fourth-order valence-corrected chi connectivity index (χ4v) is 4.66. The molecule has 3 aliphatic rings. The van der Waals surface area contributed by atoms with Crippen LogP contribution in [0.5, 0.6) is 0 Å². The van der Waals surface area contributed by atoms with E-state index in [9.17, 15) is 0 Å². The summed E-state index contributed by atoms with van der Waals surface area (Å²) in [6.07, 6.45) is 2.88. The highest BCUT2D eigenvalue weighted by atomic mass is 16.5. The lowest BCUT2D eigenvalue weighted by molar-refractivity contribution is -0.165. The molecule has 5 unspecified atom stereocenters. The van der Waals surface area contributed by atoms with E-state index >= 15 is 0 Å². The van der Waals surface area contributed by atoms with Crippen LogP contribution in [0.1, 0.15) is 40.5 Å². The second-order valence-electron chi connectivity index (χ2n) is 7.93. The highest BCUT2D eigenvalue weighted by molar-refractivity contribution is 5.21. The Morgan fingerprint density at radius 3 is 2.63 bits per heavy atom. The molecule has 2 heterocycles. The summed E-state index contributed by atoms with van der Waals surface area (Å²) in [4.78, 5) is 2.61. The third kappa shape index (κ3) is 1.89. The van der Waals surface area contributed by atoms with Gasteiger partial charge in [-0.2, -0.15) is 0 Å². The number of piperidine rings is 1. The van der Waals surface area contributed by atoms with Gasteiger partial charge in [-0.3, -0.25) is 0 Å². The van der Waals surface area contributed by atoms with Crippen molar-refractivity contribution in [3.05, 3.63) is 0 Å². The van der Waals surface area contributed by atoms with Crippen LogP contribution in [-0.4, -0.2) is 42.8 Å². The molecule has 1 saturated carbocycles. The Morgan fingerprint density at radius 1 is 1.21 bits per heavy atom. The molecule has 5 atom stereocenters. The highest BCUT2D eigenvalue weighted by Crippen LogP contribution is 2.58. The molecule has 3 nitrogen and oxygen atoms in total. The van der Waals surface area contributed by atoms with E-state index in [1.807, 2.05) is 0 Å². The normalized spacial score (nSPS) is 49.7. The number of rotatable bonds is 2. The van der Waals surface area contributed by atoms with E-state index in [1.54, 1.807) is 0 Å². The fourth-order valence-electron chi connectivity index (χ4n) is 4.66. The van der Waals surface area contributed by atoms with Gasteiger partial charge in [0.15, 0.2) is 0 Å². The Bertz CT molecular complexity index is 357. The smallest absolute Gasteiger partial charge is 0.0691 e. The quantitative estimate of drug-likeness (QED) is 0.832. The monoisotopic (exact) mass is 266 g/mol. The number of hydrogen-bond acceptors (Lipinski definition) is 3. The zero-order chi connectivity index (χ0) is 13.8. The van der Waals surface area contributed by atoms with Crippen LogP contribution < -0.4 is 5.73 Å². The van der Waals surface area contributed by atoms with Crippen LogP contribution in [0, 0.1) is 23.2 Å². The molecule has 0 amide bonds. The van der Waals surface area contributed by atoms with Gasteiger partial charge in [0.1, 0.15) is 0 Å². The number of nitrogens with zero attached hydrogens (tertiary/aromatic N) is 1. The van der Waals surface area contributed by atoms with Crippen LogP contribution >= 0.6 is 0 Å². The second kappa shape index (κ2) is 4.44. The third-order valence-electron chi connectivity index (χ3n) is 6.57. The molecule has 0 radical (unpaired) electrons. The van der Waals surface area contributed by atoms with Gasteiger partial charge < -0.3 is 15.4 Å². The number of fused-ring (bicyclic) bond motifs is 1. The minimum Gasteiger partial charge on any atom is -0.377 e. The molecule has 2 aliphatic heterocycles. The summed E-state index contributed by atoms with van der Waals surface area (Å²) in [6.45, 7) is 13.8. The molecular weight excluding hydrogens is 236 g/mol. The van der Waals surface area contributed by atoms with Crippen LogP contribution in [0.3, 0.4) is 0 Å². The Balaban J connectivity index is 1.69. The lowest BCUT2D eigenvalue weighted by atomic mass is 9.48. The van der Waals surface area contributed by atoms with Crippen molar-refractivity contribution >= 4 is 0 Å². The van der Waals surface area contributed by atoms with Crippen molar-refractivity contribution in [2.45, 2.75) is 52.2 Å². The maximum absolute atomic E-state index is 6.86. The molecular formula is C16H30N2O. The first-order valence-corrected chi connectivity index (χ1v) is 7.99. The number of likely N-dealkylation sites (tertiary alicyclic amines) is 1. The van der Waals surface area contributed by atoms with Gasteiger partial charge in [-0.25, -0.2) is 0 Å². The van der Waals surface area contributed by atoms with Gasteiger partial charge in [0, 0.05) is 36.6 Å². The first kappa shape index (κ1) is 13.8. The van der Waals surface area contributed by atoms with Gasteiger partial charge >= 0.3 is 0 Å². The largest absolute Gasteiger partial charge is 0.377 e. The topological polar surface area (TPSA) is 38.5 Å². The van der Waals surface area contributed by atoms with Crippen molar-refractivity contribution < 1.29 is 4.74 Å². The van der Waals surface area contributed by atoms with Crippen molar-refractivity contribution in [3.63, 3.8) is 0 Å². The van der Waals surface area contributed by atoms with Crippen molar-refractivity contribution in [3.8, 4) is 0 Å². The zero-order valence-corrected chi connectivity index (χ0v) is 13.0. The van der Waals surface area contributed by atoms with Gasteiger partial charge in [-0.1, -0.05) is 27.7 Å². The Hall–Kier alpha value is -0.120. The fraction of sp³-hybridized carbons (Fsp3) is 1.00. The summed E-state index contributed by atoms with van der Waals surface area (Å²) in [7, 11) is 0. The Morgan fingerprint density at radius 2 is 1.95 bits per heavy atom. The van der Waals surface area contributed by atoms with Crippen molar-refractivity contribution in [1.82, 2.24) is 4.90 Å². The highest BCUT2D eigenvalue weighted by Gasteiger charge is 2.67. The first-order valence-electron chi connectivity index (χ1n) is 7.99. The number of nitrogens with two attached hydrogens (primary N) is 1. The van der Waals surface area contributed by atoms with E-state index in [1.165, 1.54) is 19.5 Å². The van der Waals surface area contributed by atoms with Crippen LogP contribution in [0.15, 0.2) is 0 Å². The Kier molecular flexibility index (Phi) is 3.23. The number of ether oxygens (including phenoxy) is 1. The molecule has 3 heteroatoms. The third-order valence-corrected chi connectivity index (χ3v) is 6.57. The number of hydrogen-bond donors (Lipinski definition) is 1.